The number of ketones is 1. The van der Waals surface area contributed by atoms with Crippen molar-refractivity contribution in [3.05, 3.63) is 5.51 Å². The Morgan fingerprint density at radius 2 is 2.54 bits per heavy atom. The van der Waals surface area contributed by atoms with Gasteiger partial charge in [0.15, 0.2) is 4.34 Å². The van der Waals surface area contributed by atoms with Gasteiger partial charge in [-0.25, -0.2) is 0 Å². The second-order valence-electron chi connectivity index (χ2n) is 3.15. The van der Waals surface area contributed by atoms with Gasteiger partial charge in [-0.2, -0.15) is 0 Å². The van der Waals surface area contributed by atoms with E-state index in [1.54, 1.807) is 28.6 Å². The number of thioether (sulfide) groups is 1. The summed E-state index contributed by atoms with van der Waals surface area (Å²) in [6.07, 6.45) is 1.72. The van der Waals surface area contributed by atoms with Gasteiger partial charge in [-0.05, 0) is 6.42 Å². The van der Waals surface area contributed by atoms with Crippen LogP contribution in [0.1, 0.15) is 19.8 Å². The Hall–Kier alpha value is -0.420. The molecule has 1 aromatic rings. The van der Waals surface area contributed by atoms with Crippen molar-refractivity contribution in [2.24, 2.45) is 5.92 Å². The first-order chi connectivity index (χ1) is 6.27. The van der Waals surface area contributed by atoms with Gasteiger partial charge in [0.2, 0.25) is 0 Å². The fourth-order valence-electron chi connectivity index (χ4n) is 1.47. The van der Waals surface area contributed by atoms with Crippen molar-refractivity contribution in [3.63, 3.8) is 0 Å². The fourth-order valence-corrected chi connectivity index (χ4v) is 3.42. The summed E-state index contributed by atoms with van der Waals surface area (Å²) >= 11 is 3.24. The summed E-state index contributed by atoms with van der Waals surface area (Å²) < 4.78 is 0.978. The molecule has 1 fully saturated rings. The first-order valence-corrected chi connectivity index (χ1v) is 5.99. The number of carbonyl (C=O) groups excluding carboxylic acids is 1. The van der Waals surface area contributed by atoms with Gasteiger partial charge in [0.05, 0.1) is 0 Å². The van der Waals surface area contributed by atoms with E-state index in [-0.39, 0.29) is 5.92 Å². The Bertz CT molecular complexity index is 299. The zero-order chi connectivity index (χ0) is 9.26. The van der Waals surface area contributed by atoms with Gasteiger partial charge < -0.3 is 0 Å². The van der Waals surface area contributed by atoms with E-state index in [2.05, 4.69) is 10.2 Å². The van der Waals surface area contributed by atoms with Crippen molar-refractivity contribution < 1.29 is 4.79 Å². The second-order valence-corrected chi connectivity index (χ2v) is 5.47. The third kappa shape index (κ3) is 1.91. The quantitative estimate of drug-likeness (QED) is 0.755. The van der Waals surface area contributed by atoms with Crippen molar-refractivity contribution in [2.45, 2.75) is 29.4 Å². The molecule has 1 aliphatic rings. The Kier molecular flexibility index (Phi) is 2.64. The lowest BCUT2D eigenvalue weighted by Gasteiger charge is -2.10. The molecule has 70 valence electrons. The molecule has 2 atom stereocenters. The Morgan fingerprint density at radius 3 is 3.08 bits per heavy atom. The molecule has 0 amide bonds. The minimum Gasteiger partial charge on any atom is -0.299 e. The smallest absolute Gasteiger partial charge is 0.174 e. The van der Waals surface area contributed by atoms with Crippen LogP contribution in [-0.4, -0.2) is 21.2 Å². The number of nitrogens with zero attached hydrogens (tertiary/aromatic N) is 2. The van der Waals surface area contributed by atoms with Gasteiger partial charge in [0.1, 0.15) is 11.3 Å². The first kappa shape index (κ1) is 9.15. The van der Waals surface area contributed by atoms with Crippen molar-refractivity contribution in [1.82, 2.24) is 10.2 Å². The summed E-state index contributed by atoms with van der Waals surface area (Å²) in [5.74, 6) is 0.580. The zero-order valence-corrected chi connectivity index (χ0v) is 8.90. The third-order valence-electron chi connectivity index (χ3n) is 2.33. The molecule has 0 saturated heterocycles. The summed E-state index contributed by atoms with van der Waals surface area (Å²) in [5.41, 5.74) is 1.73. The van der Waals surface area contributed by atoms with E-state index >= 15 is 0 Å². The summed E-state index contributed by atoms with van der Waals surface area (Å²) in [5, 5.41) is 8.15. The van der Waals surface area contributed by atoms with Crippen molar-refractivity contribution in [2.75, 3.05) is 0 Å². The van der Waals surface area contributed by atoms with Crippen LogP contribution in [0.4, 0.5) is 0 Å². The Balaban J connectivity index is 2.00. The Labute approximate surface area is 84.9 Å². The molecule has 1 heterocycles. The van der Waals surface area contributed by atoms with Crippen molar-refractivity contribution >= 4 is 28.9 Å². The highest BCUT2D eigenvalue weighted by molar-refractivity contribution is 8.01. The molecule has 3 nitrogen and oxygen atoms in total. The largest absolute Gasteiger partial charge is 0.299 e. The number of aromatic nitrogens is 2. The first-order valence-electron chi connectivity index (χ1n) is 4.23. The van der Waals surface area contributed by atoms with Crippen LogP contribution >= 0.6 is 23.1 Å². The molecular formula is C8H10N2OS2. The van der Waals surface area contributed by atoms with Crippen LogP contribution in [0.15, 0.2) is 9.85 Å². The molecule has 0 spiro atoms. The minimum atomic E-state index is 0.189. The van der Waals surface area contributed by atoms with Crippen LogP contribution < -0.4 is 0 Å². The monoisotopic (exact) mass is 214 g/mol. The number of hydrogen-bond donors (Lipinski definition) is 0. The molecule has 13 heavy (non-hydrogen) atoms. The number of Topliss-reactive ketones (excluding diaryl/α,β-unsaturated/α-hetero) is 1. The predicted molar refractivity (Wildman–Crippen MR) is 53.0 cm³/mol. The van der Waals surface area contributed by atoms with Crippen LogP contribution in [0.3, 0.4) is 0 Å². The molecule has 0 radical (unpaired) electrons. The highest BCUT2D eigenvalue weighted by atomic mass is 32.2. The minimum absolute atomic E-state index is 0.189. The van der Waals surface area contributed by atoms with Gasteiger partial charge in [0, 0.05) is 17.6 Å². The normalized spacial score (nSPS) is 28.2. The average Bonchev–Trinajstić information content (AvgIpc) is 2.71. The van der Waals surface area contributed by atoms with Gasteiger partial charge >= 0.3 is 0 Å². The maximum Gasteiger partial charge on any atom is 0.174 e. The molecule has 0 aromatic carbocycles. The summed E-state index contributed by atoms with van der Waals surface area (Å²) in [6, 6.07) is 0. The van der Waals surface area contributed by atoms with E-state index in [4.69, 9.17) is 0 Å². The van der Waals surface area contributed by atoms with Gasteiger partial charge in [-0.1, -0.05) is 30.0 Å². The van der Waals surface area contributed by atoms with E-state index in [1.807, 2.05) is 6.92 Å². The predicted octanol–water partition coefficient (Wildman–Crippen LogP) is 2.00. The molecule has 1 aliphatic carbocycles. The zero-order valence-electron chi connectivity index (χ0n) is 7.27. The van der Waals surface area contributed by atoms with Crippen LogP contribution in [0.5, 0.6) is 0 Å². The van der Waals surface area contributed by atoms with Gasteiger partial charge in [0.25, 0.3) is 0 Å². The maximum absolute atomic E-state index is 11.3. The molecule has 0 N–H and O–H groups in total. The van der Waals surface area contributed by atoms with Crippen LogP contribution in [0.2, 0.25) is 0 Å². The third-order valence-corrected chi connectivity index (χ3v) is 4.62. The van der Waals surface area contributed by atoms with Gasteiger partial charge in [-0.3, -0.25) is 4.79 Å². The molecule has 0 aliphatic heterocycles. The number of rotatable bonds is 2. The van der Waals surface area contributed by atoms with E-state index in [0.29, 0.717) is 11.0 Å². The highest BCUT2D eigenvalue weighted by Gasteiger charge is 2.32. The lowest BCUT2D eigenvalue weighted by Crippen LogP contribution is -2.11. The summed E-state index contributed by atoms with van der Waals surface area (Å²) in [6.45, 7) is 2.01. The molecule has 5 heteroatoms. The van der Waals surface area contributed by atoms with Gasteiger partial charge in [-0.15, -0.1) is 10.2 Å². The Morgan fingerprint density at radius 1 is 1.69 bits per heavy atom. The second kappa shape index (κ2) is 3.75. The van der Waals surface area contributed by atoms with Crippen LogP contribution in [-0.2, 0) is 4.79 Å². The topological polar surface area (TPSA) is 42.9 Å². The maximum atomic E-state index is 11.3. The van der Waals surface area contributed by atoms with E-state index in [9.17, 15) is 4.79 Å². The van der Waals surface area contributed by atoms with E-state index in [1.165, 1.54) is 0 Å². The fraction of sp³-hybridized carbons (Fsp3) is 0.625. The standard InChI is InChI=1S/C8H10N2OS2/c1-5-6(11)2-3-7(5)13-8-10-9-4-12-8/h4-5,7H,2-3H2,1H3. The van der Waals surface area contributed by atoms with Crippen LogP contribution in [0, 0.1) is 5.92 Å². The molecule has 2 rings (SSSR count). The van der Waals surface area contributed by atoms with Crippen molar-refractivity contribution in [1.29, 1.82) is 0 Å². The summed E-state index contributed by atoms with van der Waals surface area (Å²) in [4.78, 5) is 11.3. The molecule has 1 saturated carbocycles. The van der Waals surface area contributed by atoms with Crippen molar-refractivity contribution in [3.8, 4) is 0 Å². The lowest BCUT2D eigenvalue weighted by atomic mass is 10.1. The van der Waals surface area contributed by atoms with Crippen LogP contribution in [0.25, 0.3) is 0 Å². The molecule has 2 unspecified atom stereocenters. The SMILES string of the molecule is CC1C(=O)CCC1Sc1nncs1. The molecular weight excluding hydrogens is 204 g/mol. The highest BCUT2D eigenvalue weighted by Crippen LogP contribution is 2.37. The lowest BCUT2D eigenvalue weighted by molar-refractivity contribution is -0.120. The van der Waals surface area contributed by atoms with E-state index in [0.717, 1.165) is 17.2 Å². The van der Waals surface area contributed by atoms with E-state index < -0.39 is 0 Å². The summed E-state index contributed by atoms with van der Waals surface area (Å²) in [7, 11) is 0. The number of hydrogen-bond acceptors (Lipinski definition) is 5. The molecule has 1 aromatic heterocycles. The number of carbonyl (C=O) groups is 1. The molecule has 0 bridgehead atoms. The average molecular weight is 214 g/mol.